The molecule has 0 aliphatic carbocycles. The van der Waals surface area contributed by atoms with E-state index >= 15 is 0 Å². The summed E-state index contributed by atoms with van der Waals surface area (Å²) in [5.41, 5.74) is 5.18. The SMILES string of the molecule is CCCC(CCC)(C(=O)N1CCOC(CO)C1)C(N)=S. The molecule has 0 aromatic heterocycles. The number of carbonyl (C=O) groups is 1. The van der Waals surface area contributed by atoms with E-state index in [1.165, 1.54) is 0 Å². The predicted molar refractivity (Wildman–Crippen MR) is 82.4 cm³/mol. The van der Waals surface area contributed by atoms with Crippen LogP contribution < -0.4 is 5.73 Å². The first kappa shape index (κ1) is 17.3. The Labute approximate surface area is 126 Å². The van der Waals surface area contributed by atoms with Gasteiger partial charge in [-0.2, -0.15) is 0 Å². The van der Waals surface area contributed by atoms with Gasteiger partial charge >= 0.3 is 0 Å². The van der Waals surface area contributed by atoms with Crippen LogP contribution in [0.3, 0.4) is 0 Å². The van der Waals surface area contributed by atoms with E-state index < -0.39 is 5.41 Å². The van der Waals surface area contributed by atoms with Gasteiger partial charge in [-0.05, 0) is 12.8 Å². The van der Waals surface area contributed by atoms with Crippen LogP contribution in [0.2, 0.25) is 0 Å². The molecule has 0 radical (unpaired) electrons. The molecule has 1 amide bonds. The van der Waals surface area contributed by atoms with Crippen molar-refractivity contribution in [2.75, 3.05) is 26.3 Å². The minimum absolute atomic E-state index is 0.00421. The molecule has 5 nitrogen and oxygen atoms in total. The second-order valence-corrected chi connectivity index (χ2v) is 5.81. The van der Waals surface area contributed by atoms with Gasteiger partial charge in [0.2, 0.25) is 5.91 Å². The summed E-state index contributed by atoms with van der Waals surface area (Å²) in [6.45, 7) is 5.38. The number of morpholine rings is 1. The molecule has 0 spiro atoms. The Hall–Kier alpha value is -0.720. The summed E-state index contributed by atoms with van der Waals surface area (Å²) in [6.07, 6.45) is 2.76. The number of nitrogens with two attached hydrogens (primary N) is 1. The van der Waals surface area contributed by atoms with Gasteiger partial charge in [0.1, 0.15) is 0 Å². The first-order valence-electron chi connectivity index (χ1n) is 7.33. The number of carbonyl (C=O) groups excluding carboxylic acids is 1. The molecule has 0 aromatic carbocycles. The lowest BCUT2D eigenvalue weighted by atomic mass is 9.77. The normalized spacial score (nSPS) is 19.9. The van der Waals surface area contributed by atoms with Gasteiger partial charge in [0.15, 0.2) is 0 Å². The van der Waals surface area contributed by atoms with Crippen molar-refractivity contribution in [2.24, 2.45) is 11.1 Å². The zero-order chi connectivity index (χ0) is 15.2. The fourth-order valence-electron chi connectivity index (χ4n) is 2.86. The van der Waals surface area contributed by atoms with Crippen LogP contribution in [0.15, 0.2) is 0 Å². The topological polar surface area (TPSA) is 75.8 Å². The highest BCUT2D eigenvalue weighted by Gasteiger charge is 2.43. The zero-order valence-corrected chi connectivity index (χ0v) is 13.2. The molecule has 116 valence electrons. The highest BCUT2D eigenvalue weighted by Crippen LogP contribution is 2.33. The molecule has 0 aromatic rings. The maximum Gasteiger partial charge on any atom is 0.235 e. The Morgan fingerprint density at radius 3 is 2.50 bits per heavy atom. The number of aliphatic hydroxyl groups excluding tert-OH is 1. The molecule has 1 aliphatic heterocycles. The van der Waals surface area contributed by atoms with E-state index in [1.54, 1.807) is 4.90 Å². The standard InChI is InChI=1S/C14H26N2O3S/c1-3-5-14(6-4-2,12(15)20)13(18)16-7-8-19-11(9-16)10-17/h11,17H,3-10H2,1-2H3,(H2,15,20). The van der Waals surface area contributed by atoms with Crippen LogP contribution in [0, 0.1) is 5.41 Å². The average Bonchev–Trinajstić information content (AvgIpc) is 2.46. The lowest BCUT2D eigenvalue weighted by molar-refractivity contribution is -0.148. The summed E-state index contributed by atoms with van der Waals surface area (Å²) in [5.74, 6) is -0.00421. The molecule has 1 atom stereocenters. The third kappa shape index (κ3) is 3.68. The third-order valence-corrected chi connectivity index (χ3v) is 4.25. The number of rotatable bonds is 7. The van der Waals surface area contributed by atoms with Gasteiger partial charge in [0.05, 0.1) is 29.7 Å². The number of aliphatic hydroxyl groups is 1. The van der Waals surface area contributed by atoms with Gasteiger partial charge in [-0.3, -0.25) is 4.79 Å². The monoisotopic (exact) mass is 302 g/mol. The zero-order valence-electron chi connectivity index (χ0n) is 12.4. The first-order valence-corrected chi connectivity index (χ1v) is 7.74. The van der Waals surface area contributed by atoms with Crippen molar-refractivity contribution >= 4 is 23.1 Å². The van der Waals surface area contributed by atoms with E-state index in [1.807, 2.05) is 13.8 Å². The van der Waals surface area contributed by atoms with Crippen LogP contribution in [-0.2, 0) is 9.53 Å². The van der Waals surface area contributed by atoms with E-state index in [0.717, 1.165) is 12.8 Å². The number of nitrogens with zero attached hydrogens (tertiary/aromatic N) is 1. The Bertz CT molecular complexity index is 343. The van der Waals surface area contributed by atoms with Gasteiger partial charge in [-0.15, -0.1) is 0 Å². The van der Waals surface area contributed by atoms with Crippen molar-refractivity contribution in [3.8, 4) is 0 Å². The summed E-state index contributed by atoms with van der Waals surface area (Å²) in [4.78, 5) is 15.0. The Morgan fingerprint density at radius 1 is 1.45 bits per heavy atom. The third-order valence-electron chi connectivity index (χ3n) is 3.86. The van der Waals surface area contributed by atoms with Crippen LogP contribution in [0.5, 0.6) is 0 Å². The van der Waals surface area contributed by atoms with Gasteiger partial charge in [-0.25, -0.2) is 0 Å². The van der Waals surface area contributed by atoms with Crippen LogP contribution >= 0.6 is 12.2 Å². The van der Waals surface area contributed by atoms with Crippen LogP contribution in [0.25, 0.3) is 0 Å². The minimum Gasteiger partial charge on any atom is -0.394 e. The number of amides is 1. The second-order valence-electron chi connectivity index (χ2n) is 5.37. The molecule has 1 heterocycles. The number of thiocarbonyl (C=S) groups is 1. The van der Waals surface area contributed by atoms with Gasteiger partial charge in [-0.1, -0.05) is 38.9 Å². The van der Waals surface area contributed by atoms with Crippen LogP contribution in [-0.4, -0.2) is 53.3 Å². The Morgan fingerprint density at radius 2 is 2.05 bits per heavy atom. The highest BCUT2D eigenvalue weighted by molar-refractivity contribution is 7.80. The van der Waals surface area contributed by atoms with E-state index in [2.05, 4.69) is 0 Å². The van der Waals surface area contributed by atoms with E-state index in [0.29, 0.717) is 37.5 Å². The lowest BCUT2D eigenvalue weighted by Crippen LogP contribution is -2.55. The molecule has 6 heteroatoms. The van der Waals surface area contributed by atoms with Crippen molar-refractivity contribution < 1.29 is 14.6 Å². The molecule has 1 rings (SSSR count). The van der Waals surface area contributed by atoms with E-state index in [4.69, 9.17) is 22.7 Å². The molecular weight excluding hydrogens is 276 g/mol. The van der Waals surface area contributed by atoms with Gasteiger partial charge < -0.3 is 20.5 Å². The summed E-state index contributed by atoms with van der Waals surface area (Å²) in [7, 11) is 0. The predicted octanol–water partition coefficient (Wildman–Crippen LogP) is 1.08. The molecule has 1 unspecified atom stereocenters. The minimum atomic E-state index is -0.740. The lowest BCUT2D eigenvalue weighted by Gasteiger charge is -2.40. The quantitative estimate of drug-likeness (QED) is 0.688. The fraction of sp³-hybridized carbons (Fsp3) is 0.857. The van der Waals surface area contributed by atoms with Crippen molar-refractivity contribution in [1.29, 1.82) is 0 Å². The Kier molecular flexibility index (Phi) is 6.85. The number of ether oxygens (including phenoxy) is 1. The number of hydrogen-bond acceptors (Lipinski definition) is 4. The van der Waals surface area contributed by atoms with Crippen molar-refractivity contribution in [3.05, 3.63) is 0 Å². The highest BCUT2D eigenvalue weighted by atomic mass is 32.1. The van der Waals surface area contributed by atoms with Crippen molar-refractivity contribution in [1.82, 2.24) is 4.90 Å². The van der Waals surface area contributed by atoms with Crippen LogP contribution in [0.1, 0.15) is 39.5 Å². The van der Waals surface area contributed by atoms with Crippen molar-refractivity contribution in [3.63, 3.8) is 0 Å². The maximum absolute atomic E-state index is 12.9. The summed E-state index contributed by atoms with van der Waals surface area (Å²) >= 11 is 5.21. The van der Waals surface area contributed by atoms with Gasteiger partial charge in [0, 0.05) is 13.1 Å². The largest absolute Gasteiger partial charge is 0.394 e. The molecular formula is C14H26N2O3S. The first-order chi connectivity index (χ1) is 9.51. The van der Waals surface area contributed by atoms with Crippen LogP contribution in [0.4, 0.5) is 0 Å². The molecule has 1 saturated heterocycles. The number of hydrogen-bond donors (Lipinski definition) is 2. The smallest absolute Gasteiger partial charge is 0.235 e. The van der Waals surface area contributed by atoms with E-state index in [9.17, 15) is 9.90 Å². The summed E-state index contributed by atoms with van der Waals surface area (Å²) in [6, 6.07) is 0. The molecule has 0 saturated carbocycles. The molecule has 1 aliphatic rings. The molecule has 0 bridgehead atoms. The average molecular weight is 302 g/mol. The maximum atomic E-state index is 12.9. The molecule has 20 heavy (non-hydrogen) atoms. The molecule has 3 N–H and O–H groups in total. The van der Waals surface area contributed by atoms with Gasteiger partial charge in [0.25, 0.3) is 0 Å². The molecule has 1 fully saturated rings. The van der Waals surface area contributed by atoms with E-state index in [-0.39, 0.29) is 18.6 Å². The summed E-state index contributed by atoms with van der Waals surface area (Å²) in [5, 5.41) is 9.20. The second kappa shape index (κ2) is 7.90. The van der Waals surface area contributed by atoms with Crippen molar-refractivity contribution in [2.45, 2.75) is 45.6 Å². The fourth-order valence-corrected chi connectivity index (χ4v) is 3.15. The summed E-state index contributed by atoms with van der Waals surface area (Å²) < 4.78 is 5.39. The Balaban J connectivity index is 2.94.